The van der Waals surface area contributed by atoms with E-state index < -0.39 is 5.97 Å². The second kappa shape index (κ2) is 7.96. The fourth-order valence-electron chi connectivity index (χ4n) is 3.52. The van der Waals surface area contributed by atoms with E-state index >= 15 is 0 Å². The smallest absolute Gasteiger partial charge is 0.306 e. The van der Waals surface area contributed by atoms with Crippen LogP contribution in [-0.4, -0.2) is 17.1 Å². The Hall–Kier alpha value is -1.35. The van der Waals surface area contributed by atoms with Crippen LogP contribution in [0.15, 0.2) is 24.3 Å². The summed E-state index contributed by atoms with van der Waals surface area (Å²) in [7, 11) is 0. The molecule has 0 aliphatic heterocycles. The van der Waals surface area contributed by atoms with Crippen LogP contribution < -0.4 is 5.32 Å². The van der Waals surface area contributed by atoms with Gasteiger partial charge >= 0.3 is 5.97 Å². The van der Waals surface area contributed by atoms with Gasteiger partial charge in [-0.25, -0.2) is 0 Å². The van der Waals surface area contributed by atoms with Crippen molar-refractivity contribution in [1.82, 2.24) is 5.32 Å². The maximum absolute atomic E-state index is 11.1. The molecule has 0 bridgehead atoms. The molecule has 3 heteroatoms. The minimum absolute atomic E-state index is 0.143. The van der Waals surface area contributed by atoms with Gasteiger partial charge in [0.05, 0.1) is 5.92 Å². The number of carboxylic acid groups (broad SMARTS) is 1. The van der Waals surface area contributed by atoms with Crippen LogP contribution in [0.1, 0.15) is 76.5 Å². The molecule has 1 aromatic rings. The molecular formula is C20H31NO2. The Bertz CT molecular complexity index is 499. The number of carbonyl (C=O) groups is 1. The Labute approximate surface area is 140 Å². The summed E-state index contributed by atoms with van der Waals surface area (Å²) in [5.74, 6) is 0.293. The lowest BCUT2D eigenvalue weighted by molar-refractivity contribution is -0.142. The Morgan fingerprint density at radius 1 is 1.00 bits per heavy atom. The fraction of sp³-hybridized carbons (Fsp3) is 0.650. The molecule has 1 unspecified atom stereocenters. The summed E-state index contributed by atoms with van der Waals surface area (Å²) in [6.07, 6.45) is 3.52. The van der Waals surface area contributed by atoms with E-state index in [4.69, 9.17) is 5.11 Å². The van der Waals surface area contributed by atoms with Crippen LogP contribution in [0.25, 0.3) is 0 Å². The third kappa shape index (κ3) is 4.81. The maximum Gasteiger partial charge on any atom is 0.306 e. The predicted molar refractivity (Wildman–Crippen MR) is 94.6 cm³/mol. The Morgan fingerprint density at radius 3 is 1.96 bits per heavy atom. The largest absolute Gasteiger partial charge is 0.481 e. The van der Waals surface area contributed by atoms with Crippen LogP contribution in [0.5, 0.6) is 0 Å². The van der Waals surface area contributed by atoms with E-state index in [9.17, 15) is 4.79 Å². The third-order valence-corrected chi connectivity index (χ3v) is 5.12. The number of benzene rings is 1. The lowest BCUT2D eigenvalue weighted by Gasteiger charge is -2.33. The summed E-state index contributed by atoms with van der Waals surface area (Å²) in [6, 6.07) is 9.73. The van der Waals surface area contributed by atoms with Crippen molar-refractivity contribution in [2.24, 2.45) is 11.8 Å². The van der Waals surface area contributed by atoms with E-state index in [1.165, 1.54) is 11.1 Å². The molecule has 1 saturated carbocycles. The van der Waals surface area contributed by atoms with Crippen LogP contribution in [-0.2, 0) is 4.79 Å². The standard InChI is InChI=1S/C20H31NO2/c1-13(2)15-5-7-16(8-6-15)19(14(3)4)21-18-11-9-17(10-12-18)20(22)23/h5-8,13-14,17-19,21H,9-12H2,1-4H3,(H,22,23). The van der Waals surface area contributed by atoms with E-state index in [0.717, 1.165) is 25.7 Å². The molecular weight excluding hydrogens is 286 g/mol. The van der Waals surface area contributed by atoms with Gasteiger partial charge in [0.1, 0.15) is 0 Å². The highest BCUT2D eigenvalue weighted by molar-refractivity contribution is 5.70. The van der Waals surface area contributed by atoms with E-state index in [-0.39, 0.29) is 5.92 Å². The molecule has 0 aromatic heterocycles. The number of rotatable bonds is 6. The lowest BCUT2D eigenvalue weighted by atomic mass is 9.84. The second-order valence-electron chi connectivity index (χ2n) is 7.60. The maximum atomic E-state index is 11.1. The summed E-state index contributed by atoms with van der Waals surface area (Å²) in [5, 5.41) is 12.9. The van der Waals surface area contributed by atoms with Gasteiger partial charge in [-0.2, -0.15) is 0 Å². The summed E-state index contributed by atoms with van der Waals surface area (Å²) >= 11 is 0. The first-order valence-electron chi connectivity index (χ1n) is 8.97. The first-order chi connectivity index (χ1) is 10.9. The van der Waals surface area contributed by atoms with E-state index in [0.29, 0.717) is 23.9 Å². The summed E-state index contributed by atoms with van der Waals surface area (Å²) in [6.45, 7) is 8.93. The number of aliphatic carboxylic acids is 1. The molecule has 0 heterocycles. The number of nitrogens with one attached hydrogen (secondary N) is 1. The average molecular weight is 317 g/mol. The van der Waals surface area contributed by atoms with Crippen molar-refractivity contribution in [3.8, 4) is 0 Å². The molecule has 2 N–H and O–H groups in total. The van der Waals surface area contributed by atoms with Gasteiger partial charge in [0.2, 0.25) is 0 Å². The molecule has 1 fully saturated rings. The highest BCUT2D eigenvalue weighted by Gasteiger charge is 2.28. The third-order valence-electron chi connectivity index (χ3n) is 5.12. The molecule has 3 nitrogen and oxygen atoms in total. The average Bonchev–Trinajstić information content (AvgIpc) is 2.53. The Morgan fingerprint density at radius 2 is 1.52 bits per heavy atom. The van der Waals surface area contributed by atoms with E-state index in [1.54, 1.807) is 0 Å². The molecule has 0 radical (unpaired) electrons. The SMILES string of the molecule is CC(C)c1ccc(C(NC2CCC(C(=O)O)CC2)C(C)C)cc1. The van der Waals surface area contributed by atoms with Gasteiger partial charge in [-0.3, -0.25) is 4.79 Å². The van der Waals surface area contributed by atoms with Gasteiger partial charge in [0, 0.05) is 12.1 Å². The summed E-state index contributed by atoms with van der Waals surface area (Å²) < 4.78 is 0. The molecule has 23 heavy (non-hydrogen) atoms. The number of hydrogen-bond acceptors (Lipinski definition) is 2. The van der Waals surface area contributed by atoms with Crippen molar-refractivity contribution in [1.29, 1.82) is 0 Å². The molecule has 1 aromatic carbocycles. The molecule has 1 atom stereocenters. The minimum atomic E-state index is -0.631. The highest BCUT2D eigenvalue weighted by atomic mass is 16.4. The number of hydrogen-bond donors (Lipinski definition) is 2. The molecule has 1 aliphatic carbocycles. The van der Waals surface area contributed by atoms with Gasteiger partial charge in [-0.15, -0.1) is 0 Å². The van der Waals surface area contributed by atoms with Crippen LogP contribution >= 0.6 is 0 Å². The van der Waals surface area contributed by atoms with Crippen molar-refractivity contribution in [2.45, 2.75) is 71.4 Å². The minimum Gasteiger partial charge on any atom is -0.481 e. The van der Waals surface area contributed by atoms with Gasteiger partial charge in [0.15, 0.2) is 0 Å². The van der Waals surface area contributed by atoms with Crippen LogP contribution in [0.4, 0.5) is 0 Å². The van der Waals surface area contributed by atoms with E-state index in [2.05, 4.69) is 57.3 Å². The molecule has 1 aliphatic rings. The quantitative estimate of drug-likeness (QED) is 0.796. The zero-order valence-electron chi connectivity index (χ0n) is 14.9. The van der Waals surface area contributed by atoms with Gasteiger partial charge in [0.25, 0.3) is 0 Å². The molecule has 0 spiro atoms. The van der Waals surface area contributed by atoms with Gasteiger partial charge in [-0.05, 0) is 48.6 Å². The Balaban J connectivity index is 2.01. The van der Waals surface area contributed by atoms with E-state index in [1.807, 2.05) is 0 Å². The van der Waals surface area contributed by atoms with Crippen molar-refractivity contribution in [3.63, 3.8) is 0 Å². The van der Waals surface area contributed by atoms with Crippen LogP contribution in [0, 0.1) is 11.8 Å². The zero-order chi connectivity index (χ0) is 17.0. The van der Waals surface area contributed by atoms with Crippen molar-refractivity contribution in [3.05, 3.63) is 35.4 Å². The molecule has 2 rings (SSSR count). The van der Waals surface area contributed by atoms with Crippen molar-refractivity contribution >= 4 is 5.97 Å². The molecule has 0 saturated heterocycles. The topological polar surface area (TPSA) is 49.3 Å². The predicted octanol–water partition coefficient (Wildman–Crippen LogP) is 4.74. The van der Waals surface area contributed by atoms with Gasteiger partial charge < -0.3 is 10.4 Å². The highest BCUT2D eigenvalue weighted by Crippen LogP contribution is 2.29. The lowest BCUT2D eigenvalue weighted by Crippen LogP contribution is -2.39. The first kappa shape index (κ1) is 18.0. The first-order valence-corrected chi connectivity index (χ1v) is 8.97. The Kier molecular flexibility index (Phi) is 6.23. The normalized spacial score (nSPS) is 23.2. The zero-order valence-corrected chi connectivity index (χ0v) is 14.9. The summed E-state index contributed by atoms with van der Waals surface area (Å²) in [5.41, 5.74) is 2.71. The van der Waals surface area contributed by atoms with Gasteiger partial charge in [-0.1, -0.05) is 52.0 Å². The van der Waals surface area contributed by atoms with Crippen molar-refractivity contribution < 1.29 is 9.90 Å². The van der Waals surface area contributed by atoms with Crippen LogP contribution in [0.3, 0.4) is 0 Å². The monoisotopic (exact) mass is 317 g/mol. The molecule has 0 amide bonds. The van der Waals surface area contributed by atoms with Crippen LogP contribution in [0.2, 0.25) is 0 Å². The summed E-state index contributed by atoms with van der Waals surface area (Å²) in [4.78, 5) is 11.1. The van der Waals surface area contributed by atoms with Crippen molar-refractivity contribution in [2.75, 3.05) is 0 Å². The molecule has 128 valence electrons. The fourth-order valence-corrected chi connectivity index (χ4v) is 3.52. The number of carboxylic acids is 1. The second-order valence-corrected chi connectivity index (χ2v) is 7.60.